The Hall–Kier alpha value is -1.59. The van der Waals surface area contributed by atoms with Crippen molar-refractivity contribution in [1.82, 2.24) is 16.0 Å². The summed E-state index contributed by atoms with van der Waals surface area (Å²) < 4.78 is 0. The number of nitrogens with one attached hydrogen (secondary N) is 3. The molecule has 140 valence electrons. The summed E-state index contributed by atoms with van der Waals surface area (Å²) in [6.07, 6.45) is 2.19. The van der Waals surface area contributed by atoms with Gasteiger partial charge >= 0.3 is 0 Å². The Balaban J connectivity index is 0.00000312. The van der Waals surface area contributed by atoms with Gasteiger partial charge in [-0.3, -0.25) is 9.59 Å². The van der Waals surface area contributed by atoms with Gasteiger partial charge in [0.1, 0.15) is 6.04 Å². The van der Waals surface area contributed by atoms with Gasteiger partial charge in [0.15, 0.2) is 0 Å². The molecule has 0 saturated carbocycles. The number of benzene rings is 1. The van der Waals surface area contributed by atoms with Crippen LogP contribution < -0.4 is 16.0 Å². The number of fused-ring (bicyclic) bond motifs is 1. The van der Waals surface area contributed by atoms with Crippen LogP contribution in [-0.2, 0) is 22.6 Å². The maximum absolute atomic E-state index is 12.6. The lowest BCUT2D eigenvalue weighted by Crippen LogP contribution is -2.54. The Bertz CT molecular complexity index is 578. The molecule has 0 spiro atoms. The van der Waals surface area contributed by atoms with Crippen LogP contribution in [0.5, 0.6) is 0 Å². The molecule has 0 unspecified atom stereocenters. The minimum atomic E-state index is -0.469. The summed E-state index contributed by atoms with van der Waals surface area (Å²) in [6, 6.07) is 7.40. The molecule has 2 atom stereocenters. The number of carbonyl (C=O) groups is 2. The molecular formula is C19H30ClN3O2. The molecule has 0 fully saturated rings. The van der Waals surface area contributed by atoms with Crippen LogP contribution in [0.3, 0.4) is 0 Å². The number of hydrogen-bond donors (Lipinski definition) is 3. The van der Waals surface area contributed by atoms with Gasteiger partial charge in [0.05, 0.1) is 6.04 Å². The Morgan fingerprint density at radius 2 is 1.92 bits per heavy atom. The third kappa shape index (κ3) is 6.33. The topological polar surface area (TPSA) is 70.2 Å². The van der Waals surface area contributed by atoms with E-state index >= 15 is 0 Å². The summed E-state index contributed by atoms with van der Waals surface area (Å²) in [5.74, 6) is 0.152. The quantitative estimate of drug-likeness (QED) is 0.691. The van der Waals surface area contributed by atoms with Crippen molar-refractivity contribution in [3.63, 3.8) is 0 Å². The van der Waals surface area contributed by atoms with E-state index in [1.165, 1.54) is 11.1 Å². The fourth-order valence-corrected chi connectivity index (χ4v) is 2.99. The van der Waals surface area contributed by atoms with E-state index in [4.69, 9.17) is 0 Å². The van der Waals surface area contributed by atoms with Crippen molar-refractivity contribution in [3.05, 3.63) is 35.4 Å². The summed E-state index contributed by atoms with van der Waals surface area (Å²) in [4.78, 5) is 24.9. The maximum atomic E-state index is 12.6. The summed E-state index contributed by atoms with van der Waals surface area (Å²) in [7, 11) is 0. The molecule has 3 N–H and O–H groups in total. The molecule has 1 aromatic rings. The first kappa shape index (κ1) is 21.5. The Morgan fingerprint density at radius 1 is 1.24 bits per heavy atom. The highest BCUT2D eigenvalue weighted by Crippen LogP contribution is 2.16. The molecule has 0 radical (unpaired) electrons. The van der Waals surface area contributed by atoms with Crippen LogP contribution in [0.4, 0.5) is 0 Å². The molecule has 1 aliphatic heterocycles. The van der Waals surface area contributed by atoms with Gasteiger partial charge in [0, 0.05) is 13.1 Å². The zero-order chi connectivity index (χ0) is 17.5. The predicted octanol–water partition coefficient (Wildman–Crippen LogP) is 2.18. The SMILES string of the molecule is CCCNC(=O)[C@H](CC(C)C)NC(=O)[C@@H]1Cc2ccccc2CN1.Cl. The number of carbonyl (C=O) groups excluding carboxylic acids is 2. The van der Waals surface area contributed by atoms with Crippen molar-refractivity contribution >= 4 is 24.2 Å². The fraction of sp³-hybridized carbons (Fsp3) is 0.579. The smallest absolute Gasteiger partial charge is 0.242 e. The van der Waals surface area contributed by atoms with Crippen molar-refractivity contribution < 1.29 is 9.59 Å². The van der Waals surface area contributed by atoms with Crippen molar-refractivity contribution in [1.29, 1.82) is 0 Å². The molecule has 25 heavy (non-hydrogen) atoms. The summed E-state index contributed by atoms with van der Waals surface area (Å²) >= 11 is 0. The van der Waals surface area contributed by atoms with Crippen LogP contribution in [0.15, 0.2) is 24.3 Å². The molecule has 0 bridgehead atoms. The van der Waals surface area contributed by atoms with Crippen molar-refractivity contribution in [2.24, 2.45) is 5.92 Å². The van der Waals surface area contributed by atoms with E-state index in [0.29, 0.717) is 31.8 Å². The van der Waals surface area contributed by atoms with Crippen LogP contribution >= 0.6 is 12.4 Å². The second kappa shape index (κ2) is 10.4. The first-order chi connectivity index (χ1) is 11.5. The Kier molecular flexibility index (Phi) is 8.93. The molecule has 0 saturated heterocycles. The van der Waals surface area contributed by atoms with Crippen LogP contribution in [0, 0.1) is 5.92 Å². The molecule has 0 aliphatic carbocycles. The molecule has 0 aromatic heterocycles. The van der Waals surface area contributed by atoms with Gasteiger partial charge in [-0.2, -0.15) is 0 Å². The van der Waals surface area contributed by atoms with Crippen LogP contribution in [0.2, 0.25) is 0 Å². The summed E-state index contributed by atoms with van der Waals surface area (Å²) in [6.45, 7) is 7.45. The predicted molar refractivity (Wildman–Crippen MR) is 103 cm³/mol. The number of halogens is 1. The zero-order valence-electron chi connectivity index (χ0n) is 15.3. The molecule has 2 amide bonds. The minimum Gasteiger partial charge on any atom is -0.354 e. The van der Waals surface area contributed by atoms with E-state index in [-0.39, 0.29) is 30.3 Å². The molecule has 2 rings (SSSR count). The highest BCUT2D eigenvalue weighted by molar-refractivity contribution is 5.90. The van der Waals surface area contributed by atoms with Crippen molar-refractivity contribution in [2.75, 3.05) is 6.54 Å². The third-order valence-corrected chi connectivity index (χ3v) is 4.29. The first-order valence-corrected chi connectivity index (χ1v) is 8.89. The maximum Gasteiger partial charge on any atom is 0.242 e. The molecule has 6 heteroatoms. The lowest BCUT2D eigenvalue weighted by molar-refractivity contribution is -0.130. The zero-order valence-corrected chi connectivity index (χ0v) is 16.1. The highest BCUT2D eigenvalue weighted by Gasteiger charge is 2.28. The average Bonchev–Trinajstić information content (AvgIpc) is 2.58. The Labute approximate surface area is 156 Å². The Morgan fingerprint density at radius 3 is 2.56 bits per heavy atom. The van der Waals surface area contributed by atoms with Crippen LogP contribution in [0.1, 0.15) is 44.7 Å². The number of rotatable bonds is 7. The summed E-state index contributed by atoms with van der Waals surface area (Å²) in [5.41, 5.74) is 2.44. The van der Waals surface area contributed by atoms with Crippen LogP contribution in [0.25, 0.3) is 0 Å². The second-order valence-electron chi connectivity index (χ2n) is 6.89. The number of amides is 2. The largest absolute Gasteiger partial charge is 0.354 e. The van der Waals surface area contributed by atoms with E-state index in [1.807, 2.05) is 19.1 Å². The van der Waals surface area contributed by atoms with Gasteiger partial charge in [0.25, 0.3) is 0 Å². The van der Waals surface area contributed by atoms with Gasteiger partial charge in [-0.05, 0) is 36.3 Å². The fourth-order valence-electron chi connectivity index (χ4n) is 2.99. The minimum absolute atomic E-state index is 0. The van der Waals surface area contributed by atoms with Gasteiger partial charge < -0.3 is 16.0 Å². The van der Waals surface area contributed by atoms with Gasteiger partial charge in [-0.1, -0.05) is 45.0 Å². The van der Waals surface area contributed by atoms with Crippen molar-refractivity contribution in [2.45, 2.75) is 58.7 Å². The summed E-state index contributed by atoms with van der Waals surface area (Å²) in [5, 5.41) is 9.10. The monoisotopic (exact) mass is 367 g/mol. The highest BCUT2D eigenvalue weighted by atomic mass is 35.5. The second-order valence-corrected chi connectivity index (χ2v) is 6.89. The molecule has 1 aliphatic rings. The standard InChI is InChI=1S/C19H29N3O2.ClH/c1-4-9-20-18(23)17(10-13(2)3)22-19(24)16-11-14-7-5-6-8-15(14)12-21-16;/h5-8,13,16-17,21H,4,9-12H2,1-3H3,(H,20,23)(H,22,24);1H/t16-,17-;/m0./s1. The lowest BCUT2D eigenvalue weighted by atomic mass is 9.95. The van der Waals surface area contributed by atoms with Crippen molar-refractivity contribution in [3.8, 4) is 0 Å². The lowest BCUT2D eigenvalue weighted by Gasteiger charge is -2.28. The van der Waals surface area contributed by atoms with Gasteiger partial charge in [-0.15, -0.1) is 12.4 Å². The molecule has 5 nitrogen and oxygen atoms in total. The first-order valence-electron chi connectivity index (χ1n) is 8.89. The van der Waals surface area contributed by atoms with E-state index in [9.17, 15) is 9.59 Å². The molecule has 1 heterocycles. The third-order valence-electron chi connectivity index (χ3n) is 4.29. The molecular weight excluding hydrogens is 338 g/mol. The van der Waals surface area contributed by atoms with Gasteiger partial charge in [0.2, 0.25) is 11.8 Å². The van der Waals surface area contributed by atoms with E-state index in [0.717, 1.165) is 6.42 Å². The van der Waals surface area contributed by atoms with Gasteiger partial charge in [-0.25, -0.2) is 0 Å². The van der Waals surface area contributed by atoms with E-state index in [1.54, 1.807) is 0 Å². The number of hydrogen-bond acceptors (Lipinski definition) is 3. The van der Waals surface area contributed by atoms with Crippen LogP contribution in [-0.4, -0.2) is 30.4 Å². The average molecular weight is 368 g/mol. The normalized spacial score (nSPS) is 17.2. The molecule has 1 aromatic carbocycles. The van der Waals surface area contributed by atoms with E-state index < -0.39 is 6.04 Å². The van der Waals surface area contributed by atoms with E-state index in [2.05, 4.69) is 41.9 Å².